The van der Waals surface area contributed by atoms with Crippen molar-refractivity contribution in [2.75, 3.05) is 13.3 Å². The Kier molecular flexibility index (Phi) is 2.84. The molecule has 1 nitrogen and oxygen atoms in total. The Hall–Kier alpha value is 0.310. The lowest BCUT2D eigenvalue weighted by molar-refractivity contribution is 0.320. The molecule has 8 heavy (non-hydrogen) atoms. The van der Waals surface area contributed by atoms with E-state index in [-0.39, 0.29) is 0 Å². The van der Waals surface area contributed by atoms with Crippen molar-refractivity contribution in [3.8, 4) is 0 Å². The minimum absolute atomic E-state index is 0.305. The van der Waals surface area contributed by atoms with Crippen LogP contribution in [0.25, 0.3) is 0 Å². The van der Waals surface area contributed by atoms with E-state index < -0.39 is 0 Å². The molecule has 0 aromatic heterocycles. The molecule has 0 aliphatic rings. The average Bonchev–Trinajstić information content (AvgIpc) is 1.62. The number of nitrogens with zero attached hydrogens (tertiary/aromatic N) is 1. The molecule has 0 amide bonds. The summed E-state index contributed by atoms with van der Waals surface area (Å²) in [6.07, 6.45) is 2.09. The van der Waals surface area contributed by atoms with E-state index in [1.165, 1.54) is 0 Å². The third kappa shape index (κ3) is 2.58. The van der Waals surface area contributed by atoms with E-state index in [0.29, 0.717) is 5.54 Å². The van der Waals surface area contributed by atoms with Gasteiger partial charge in [0.15, 0.2) is 0 Å². The van der Waals surface area contributed by atoms with Gasteiger partial charge in [0, 0.05) is 5.54 Å². The predicted molar refractivity (Wildman–Crippen MR) is 41.0 cm³/mol. The summed E-state index contributed by atoms with van der Waals surface area (Å²) in [6, 6.07) is 0. The maximum Gasteiger partial charge on any atom is 0.0225 e. The minimum atomic E-state index is 0.305. The molecule has 0 atom stereocenters. The number of hydrogen-bond acceptors (Lipinski definition) is 2. The van der Waals surface area contributed by atoms with Crippen LogP contribution < -0.4 is 0 Å². The van der Waals surface area contributed by atoms with Gasteiger partial charge in [-0.05, 0) is 34.1 Å². The van der Waals surface area contributed by atoms with Crippen LogP contribution in [0, 0.1) is 0 Å². The number of rotatable bonds is 1. The van der Waals surface area contributed by atoms with Crippen LogP contribution in [0.3, 0.4) is 0 Å². The largest absolute Gasteiger partial charge is 0.249 e. The quantitative estimate of drug-likeness (QED) is 0.503. The van der Waals surface area contributed by atoms with Crippen molar-refractivity contribution in [2.24, 2.45) is 0 Å². The molecule has 0 bridgehead atoms. The van der Waals surface area contributed by atoms with Crippen LogP contribution in [0.15, 0.2) is 0 Å². The zero-order valence-corrected chi connectivity index (χ0v) is 7.17. The van der Waals surface area contributed by atoms with E-state index in [9.17, 15) is 0 Å². The van der Waals surface area contributed by atoms with Crippen molar-refractivity contribution in [1.29, 1.82) is 0 Å². The van der Waals surface area contributed by atoms with Gasteiger partial charge in [-0.1, -0.05) is 11.9 Å². The Balaban J connectivity index is 3.62. The van der Waals surface area contributed by atoms with Crippen LogP contribution in [0.4, 0.5) is 0 Å². The van der Waals surface area contributed by atoms with Gasteiger partial charge in [0.1, 0.15) is 0 Å². The van der Waals surface area contributed by atoms with Crippen molar-refractivity contribution in [3.05, 3.63) is 0 Å². The summed E-state index contributed by atoms with van der Waals surface area (Å²) in [5, 5.41) is 0. The van der Waals surface area contributed by atoms with Crippen LogP contribution in [-0.2, 0) is 0 Å². The molecule has 0 aromatic carbocycles. The third-order valence-electron chi connectivity index (χ3n) is 1.22. The molecule has 0 radical (unpaired) electrons. The molecule has 0 heterocycles. The van der Waals surface area contributed by atoms with Gasteiger partial charge in [-0.2, -0.15) is 0 Å². The molecule has 0 saturated carbocycles. The highest BCUT2D eigenvalue weighted by Crippen LogP contribution is 2.16. The van der Waals surface area contributed by atoms with Crippen molar-refractivity contribution >= 4 is 11.9 Å². The molecule has 0 rings (SSSR count). The Bertz CT molecular complexity index is 65.4. The molecule has 0 aliphatic heterocycles. The first-order valence-electron chi connectivity index (χ1n) is 2.76. The fraction of sp³-hybridized carbons (Fsp3) is 1.00. The van der Waals surface area contributed by atoms with E-state index in [4.69, 9.17) is 0 Å². The van der Waals surface area contributed by atoms with Gasteiger partial charge in [0.05, 0.1) is 0 Å². The lowest BCUT2D eigenvalue weighted by atomic mass is 10.1. The first-order chi connectivity index (χ1) is 3.48. The molecule has 0 N–H and O–H groups in total. The molecule has 2 heteroatoms. The number of hydrogen-bond donors (Lipinski definition) is 0. The summed E-state index contributed by atoms with van der Waals surface area (Å²) in [5.41, 5.74) is 0.305. The van der Waals surface area contributed by atoms with Crippen LogP contribution >= 0.6 is 11.9 Å². The smallest absolute Gasteiger partial charge is 0.0225 e. The van der Waals surface area contributed by atoms with Crippen molar-refractivity contribution in [2.45, 2.75) is 26.3 Å². The summed E-state index contributed by atoms with van der Waals surface area (Å²) < 4.78 is 2.23. The van der Waals surface area contributed by atoms with Gasteiger partial charge in [0.2, 0.25) is 0 Å². The molecule has 50 valence electrons. The maximum atomic E-state index is 2.23. The zero-order valence-electron chi connectivity index (χ0n) is 6.36. The first kappa shape index (κ1) is 8.31. The maximum absolute atomic E-state index is 2.23. The fourth-order valence-electron chi connectivity index (χ4n) is 0.274. The van der Waals surface area contributed by atoms with Gasteiger partial charge in [-0.25, -0.2) is 4.31 Å². The fourth-order valence-corrected chi connectivity index (χ4v) is 0.822. The highest BCUT2D eigenvalue weighted by atomic mass is 32.2. The minimum Gasteiger partial charge on any atom is -0.249 e. The molecule has 0 unspecified atom stereocenters. The standard InChI is InChI=1S/C6H15NS/c1-6(2,3)7(4)8-5/h1-5H3. The molecule has 0 aromatic rings. The lowest BCUT2D eigenvalue weighted by Gasteiger charge is -2.28. The molecular weight excluding hydrogens is 118 g/mol. The summed E-state index contributed by atoms with van der Waals surface area (Å²) in [5.74, 6) is 0. The first-order valence-corrected chi connectivity index (χ1v) is 3.94. The Morgan fingerprint density at radius 3 is 1.62 bits per heavy atom. The zero-order chi connectivity index (χ0) is 6.78. The van der Waals surface area contributed by atoms with E-state index in [1.54, 1.807) is 11.9 Å². The normalized spacial score (nSPS) is 12.8. The van der Waals surface area contributed by atoms with E-state index >= 15 is 0 Å². The average molecular weight is 133 g/mol. The Labute approximate surface area is 56.6 Å². The van der Waals surface area contributed by atoms with E-state index in [2.05, 4.69) is 38.4 Å². The molecule has 0 saturated heterocycles. The second-order valence-electron chi connectivity index (χ2n) is 2.85. The van der Waals surface area contributed by atoms with Crippen molar-refractivity contribution in [3.63, 3.8) is 0 Å². The third-order valence-corrected chi connectivity index (χ3v) is 2.31. The summed E-state index contributed by atoms with van der Waals surface area (Å²) >= 11 is 1.77. The van der Waals surface area contributed by atoms with Crippen LogP contribution in [0.2, 0.25) is 0 Å². The lowest BCUT2D eigenvalue weighted by Crippen LogP contribution is -2.31. The highest BCUT2D eigenvalue weighted by Gasteiger charge is 2.14. The van der Waals surface area contributed by atoms with E-state index in [1.807, 2.05) is 0 Å². The Morgan fingerprint density at radius 2 is 1.62 bits per heavy atom. The summed E-state index contributed by atoms with van der Waals surface area (Å²) in [7, 11) is 2.10. The molecule has 0 aliphatic carbocycles. The van der Waals surface area contributed by atoms with Gasteiger partial charge in [0.25, 0.3) is 0 Å². The van der Waals surface area contributed by atoms with Gasteiger partial charge < -0.3 is 0 Å². The van der Waals surface area contributed by atoms with Crippen LogP contribution in [0.1, 0.15) is 20.8 Å². The van der Waals surface area contributed by atoms with E-state index in [0.717, 1.165) is 0 Å². The van der Waals surface area contributed by atoms with Crippen molar-refractivity contribution in [1.82, 2.24) is 4.31 Å². The monoisotopic (exact) mass is 133 g/mol. The second kappa shape index (κ2) is 2.74. The highest BCUT2D eigenvalue weighted by molar-refractivity contribution is 7.96. The van der Waals surface area contributed by atoms with Crippen LogP contribution in [-0.4, -0.2) is 23.1 Å². The second-order valence-corrected chi connectivity index (χ2v) is 3.76. The van der Waals surface area contributed by atoms with Gasteiger partial charge in [-0.3, -0.25) is 0 Å². The molecular formula is C6H15NS. The molecule has 0 spiro atoms. The topological polar surface area (TPSA) is 3.24 Å². The molecule has 0 fully saturated rings. The van der Waals surface area contributed by atoms with Gasteiger partial charge >= 0.3 is 0 Å². The van der Waals surface area contributed by atoms with Crippen LogP contribution in [0.5, 0.6) is 0 Å². The summed E-state index contributed by atoms with van der Waals surface area (Å²) in [4.78, 5) is 0. The van der Waals surface area contributed by atoms with Crippen molar-refractivity contribution < 1.29 is 0 Å². The predicted octanol–water partition coefficient (Wildman–Crippen LogP) is 1.99. The summed E-state index contributed by atoms with van der Waals surface area (Å²) in [6.45, 7) is 6.59. The van der Waals surface area contributed by atoms with Gasteiger partial charge in [-0.15, -0.1) is 0 Å². The Morgan fingerprint density at radius 1 is 1.25 bits per heavy atom. The SMILES string of the molecule is CSN(C)C(C)(C)C.